The van der Waals surface area contributed by atoms with Crippen LogP contribution in [0.15, 0.2) is 25.3 Å². The van der Waals surface area contributed by atoms with Crippen LogP contribution in [-0.2, 0) is 10.1 Å². The van der Waals surface area contributed by atoms with Crippen LogP contribution in [0.3, 0.4) is 0 Å². The van der Waals surface area contributed by atoms with E-state index in [1.165, 1.54) is 12.2 Å². The first kappa shape index (κ1) is 10.4. The molecule has 0 amide bonds. The van der Waals surface area contributed by atoms with Crippen LogP contribution < -0.4 is 0 Å². The molecule has 0 saturated heterocycles. The molecule has 0 aromatic heterocycles. The molecule has 0 bridgehead atoms. The maximum Gasteiger partial charge on any atom is 0.271 e. The van der Waals surface area contributed by atoms with Gasteiger partial charge < -0.3 is 0 Å². The van der Waals surface area contributed by atoms with E-state index in [4.69, 9.17) is 4.55 Å². The largest absolute Gasteiger partial charge is 0.285 e. The van der Waals surface area contributed by atoms with Crippen molar-refractivity contribution in [1.82, 2.24) is 0 Å². The van der Waals surface area contributed by atoms with Crippen LogP contribution in [0.25, 0.3) is 0 Å². The summed E-state index contributed by atoms with van der Waals surface area (Å²) >= 11 is 0. The topological polar surface area (TPSA) is 54.4 Å². The molecule has 4 heteroatoms. The highest BCUT2D eigenvalue weighted by Gasteiger charge is 2.23. The van der Waals surface area contributed by atoms with Crippen molar-refractivity contribution in [2.45, 2.75) is 12.2 Å². The van der Waals surface area contributed by atoms with E-state index in [9.17, 15) is 8.42 Å². The van der Waals surface area contributed by atoms with E-state index >= 15 is 0 Å². The van der Waals surface area contributed by atoms with Gasteiger partial charge in [0.05, 0.1) is 0 Å². The fraction of sp³-hybridized carbons (Fsp3) is 0.429. The van der Waals surface area contributed by atoms with E-state index < -0.39 is 15.4 Å². The van der Waals surface area contributed by atoms with Gasteiger partial charge in [0.15, 0.2) is 0 Å². The molecule has 2 unspecified atom stereocenters. The molecule has 0 aromatic carbocycles. The second-order valence-electron chi connectivity index (χ2n) is 2.31. The smallest absolute Gasteiger partial charge is 0.271 e. The number of allylic oxidation sites excluding steroid dienone is 1. The minimum absolute atomic E-state index is 0.317. The van der Waals surface area contributed by atoms with Crippen LogP contribution >= 0.6 is 0 Å². The summed E-state index contributed by atoms with van der Waals surface area (Å²) in [4.78, 5) is 0. The fourth-order valence-electron chi connectivity index (χ4n) is 0.742. The van der Waals surface area contributed by atoms with Crippen LogP contribution in [0.4, 0.5) is 0 Å². The quantitative estimate of drug-likeness (QED) is 0.518. The lowest BCUT2D eigenvalue weighted by Gasteiger charge is -2.12. The van der Waals surface area contributed by atoms with Gasteiger partial charge in [-0.25, -0.2) is 0 Å². The Balaban J connectivity index is 4.68. The molecule has 0 aliphatic heterocycles. The van der Waals surface area contributed by atoms with Crippen LogP contribution in [0.2, 0.25) is 0 Å². The third-order valence-corrected chi connectivity index (χ3v) is 2.78. The molecule has 0 saturated carbocycles. The van der Waals surface area contributed by atoms with Gasteiger partial charge in [0, 0.05) is 0 Å². The summed E-state index contributed by atoms with van der Waals surface area (Å²) in [6, 6.07) is 0. The normalized spacial score (nSPS) is 16.9. The highest BCUT2D eigenvalue weighted by Crippen LogP contribution is 2.13. The van der Waals surface area contributed by atoms with Crippen LogP contribution in [0.1, 0.15) is 6.92 Å². The Morgan fingerprint density at radius 1 is 1.36 bits per heavy atom. The van der Waals surface area contributed by atoms with Gasteiger partial charge in [-0.1, -0.05) is 19.1 Å². The van der Waals surface area contributed by atoms with Crippen molar-refractivity contribution < 1.29 is 13.0 Å². The van der Waals surface area contributed by atoms with Gasteiger partial charge in [0.25, 0.3) is 10.1 Å². The third-order valence-electron chi connectivity index (χ3n) is 1.47. The monoisotopic (exact) mass is 176 g/mol. The summed E-state index contributed by atoms with van der Waals surface area (Å²) in [6.45, 7) is 8.38. The van der Waals surface area contributed by atoms with E-state index in [1.807, 2.05) is 0 Å². The second-order valence-corrected chi connectivity index (χ2v) is 3.88. The predicted octanol–water partition coefficient (Wildman–Crippen LogP) is 1.25. The molecule has 0 aliphatic carbocycles. The molecule has 0 rings (SSSR count). The van der Waals surface area contributed by atoms with Crippen LogP contribution in [0, 0.1) is 5.92 Å². The van der Waals surface area contributed by atoms with Crippen molar-refractivity contribution >= 4 is 10.1 Å². The fourth-order valence-corrected chi connectivity index (χ4v) is 1.64. The number of rotatable bonds is 4. The molecule has 64 valence electrons. The lowest BCUT2D eigenvalue weighted by molar-refractivity contribution is 0.465. The van der Waals surface area contributed by atoms with Gasteiger partial charge in [0.1, 0.15) is 5.25 Å². The van der Waals surface area contributed by atoms with E-state index in [-0.39, 0.29) is 5.92 Å². The summed E-state index contributed by atoms with van der Waals surface area (Å²) in [7, 11) is -4.02. The van der Waals surface area contributed by atoms with Gasteiger partial charge in [-0.2, -0.15) is 8.42 Å². The Morgan fingerprint density at radius 3 is 1.91 bits per heavy atom. The maximum absolute atomic E-state index is 10.6. The Bertz CT molecular complexity index is 240. The van der Waals surface area contributed by atoms with E-state index in [1.54, 1.807) is 6.92 Å². The number of hydrogen-bond donors (Lipinski definition) is 1. The minimum atomic E-state index is -4.02. The van der Waals surface area contributed by atoms with Crippen molar-refractivity contribution in [3.63, 3.8) is 0 Å². The van der Waals surface area contributed by atoms with Gasteiger partial charge >= 0.3 is 0 Å². The predicted molar refractivity (Wildman–Crippen MR) is 44.9 cm³/mol. The Kier molecular flexibility index (Phi) is 3.48. The van der Waals surface area contributed by atoms with E-state index in [2.05, 4.69) is 13.2 Å². The summed E-state index contributed by atoms with van der Waals surface area (Å²) in [6.07, 6.45) is 2.65. The van der Waals surface area contributed by atoms with E-state index in [0.29, 0.717) is 0 Å². The van der Waals surface area contributed by atoms with Gasteiger partial charge in [-0.15, -0.1) is 13.2 Å². The zero-order chi connectivity index (χ0) is 9.07. The Morgan fingerprint density at radius 2 is 1.82 bits per heavy atom. The minimum Gasteiger partial charge on any atom is -0.285 e. The standard InChI is InChI=1S/C7H12O3S/c1-4-6(3)7(5-2)11(8,9)10/h4-7H,1-2H2,3H3,(H,8,9,10). The molecule has 0 spiro atoms. The SMILES string of the molecule is C=CC(C)C(C=C)S(=O)(=O)O. The average Bonchev–Trinajstić information content (AvgIpc) is 1.86. The molecular weight excluding hydrogens is 164 g/mol. The molecular formula is C7H12O3S. The lowest BCUT2D eigenvalue weighted by Crippen LogP contribution is -2.24. The highest BCUT2D eigenvalue weighted by atomic mass is 32.2. The summed E-state index contributed by atoms with van der Waals surface area (Å²) < 4.78 is 29.8. The molecule has 3 nitrogen and oxygen atoms in total. The van der Waals surface area contributed by atoms with Crippen molar-refractivity contribution in [3.05, 3.63) is 25.3 Å². The molecule has 0 radical (unpaired) electrons. The summed E-state index contributed by atoms with van der Waals surface area (Å²) in [5.74, 6) is -0.317. The Hall–Kier alpha value is -0.610. The third kappa shape index (κ3) is 2.86. The van der Waals surface area contributed by atoms with Crippen molar-refractivity contribution in [2.24, 2.45) is 5.92 Å². The molecule has 2 atom stereocenters. The van der Waals surface area contributed by atoms with Crippen molar-refractivity contribution in [2.75, 3.05) is 0 Å². The lowest BCUT2D eigenvalue weighted by atomic mass is 10.1. The molecule has 0 aliphatic rings. The van der Waals surface area contributed by atoms with E-state index in [0.717, 1.165) is 0 Å². The Labute approximate surface area is 67.2 Å². The van der Waals surface area contributed by atoms with Crippen LogP contribution in [-0.4, -0.2) is 18.2 Å². The van der Waals surface area contributed by atoms with Crippen molar-refractivity contribution in [3.8, 4) is 0 Å². The van der Waals surface area contributed by atoms with Crippen molar-refractivity contribution in [1.29, 1.82) is 0 Å². The number of hydrogen-bond acceptors (Lipinski definition) is 2. The molecule has 0 fully saturated rings. The zero-order valence-electron chi connectivity index (χ0n) is 6.40. The zero-order valence-corrected chi connectivity index (χ0v) is 7.21. The highest BCUT2D eigenvalue weighted by molar-refractivity contribution is 7.86. The molecule has 11 heavy (non-hydrogen) atoms. The molecule has 0 aromatic rings. The first-order valence-corrected chi connectivity index (χ1v) is 4.65. The molecule has 1 N–H and O–H groups in total. The maximum atomic E-state index is 10.6. The first-order chi connectivity index (χ1) is 4.93. The summed E-state index contributed by atoms with van der Waals surface area (Å²) in [5.41, 5.74) is 0. The van der Waals surface area contributed by atoms with Crippen LogP contribution in [0.5, 0.6) is 0 Å². The second kappa shape index (κ2) is 3.69. The molecule has 0 heterocycles. The first-order valence-electron chi connectivity index (χ1n) is 3.15. The van der Waals surface area contributed by atoms with Gasteiger partial charge in [0.2, 0.25) is 0 Å². The van der Waals surface area contributed by atoms with Gasteiger partial charge in [-0.05, 0) is 5.92 Å². The van der Waals surface area contributed by atoms with Gasteiger partial charge in [-0.3, -0.25) is 4.55 Å². The average molecular weight is 176 g/mol. The summed E-state index contributed by atoms with van der Waals surface area (Å²) in [5, 5.41) is -0.944.